The van der Waals surface area contributed by atoms with Crippen molar-refractivity contribution in [1.82, 2.24) is 26.2 Å². The highest BCUT2D eigenvalue weighted by Gasteiger charge is 2.33. The molecule has 1 aromatic rings. The van der Waals surface area contributed by atoms with E-state index in [0.717, 1.165) is 12.0 Å². The molecule has 25 heavy (non-hydrogen) atoms. The van der Waals surface area contributed by atoms with Crippen LogP contribution in [0.3, 0.4) is 0 Å². The maximum Gasteiger partial charge on any atom is 0.318 e. The smallest absolute Gasteiger partial charge is 0.318 e. The highest BCUT2D eigenvalue weighted by molar-refractivity contribution is 5.87. The Morgan fingerprint density at radius 2 is 1.80 bits per heavy atom. The predicted molar refractivity (Wildman–Crippen MR) is 93.9 cm³/mol. The van der Waals surface area contributed by atoms with Crippen LogP contribution in [-0.4, -0.2) is 55.6 Å². The molecule has 1 heterocycles. The number of carbonyl (C=O) groups excluding carboxylic acids is 3. The molecule has 0 spiro atoms. The molecule has 136 valence electrons. The second kappa shape index (κ2) is 9.51. The van der Waals surface area contributed by atoms with E-state index in [2.05, 4.69) is 21.3 Å². The second-order valence-corrected chi connectivity index (χ2v) is 5.79. The number of hydrogen-bond donors (Lipinski definition) is 4. The molecule has 1 aromatic carbocycles. The van der Waals surface area contributed by atoms with E-state index < -0.39 is 6.04 Å². The van der Waals surface area contributed by atoms with Gasteiger partial charge in [0.05, 0.1) is 0 Å². The van der Waals surface area contributed by atoms with Gasteiger partial charge in [-0.25, -0.2) is 9.59 Å². The van der Waals surface area contributed by atoms with Gasteiger partial charge in [0, 0.05) is 33.2 Å². The van der Waals surface area contributed by atoms with E-state index in [1.807, 2.05) is 30.3 Å². The maximum absolute atomic E-state index is 12.4. The van der Waals surface area contributed by atoms with Crippen LogP contribution in [0.25, 0.3) is 0 Å². The molecule has 1 fully saturated rings. The minimum Gasteiger partial charge on any atom is -0.353 e. The van der Waals surface area contributed by atoms with Crippen molar-refractivity contribution in [2.75, 3.05) is 26.7 Å². The van der Waals surface area contributed by atoms with Crippen molar-refractivity contribution in [2.24, 2.45) is 0 Å². The number of rotatable bonds is 6. The Hall–Kier alpha value is -2.77. The number of amides is 5. The summed E-state index contributed by atoms with van der Waals surface area (Å²) >= 11 is 0. The molecule has 4 N–H and O–H groups in total. The molecule has 0 saturated carbocycles. The summed E-state index contributed by atoms with van der Waals surface area (Å²) in [6, 6.07) is 8.64. The maximum atomic E-state index is 12.4. The Morgan fingerprint density at radius 1 is 1.08 bits per heavy atom. The van der Waals surface area contributed by atoms with Crippen LogP contribution in [0.1, 0.15) is 18.4 Å². The molecular weight excluding hydrogens is 322 g/mol. The number of benzene rings is 1. The van der Waals surface area contributed by atoms with Crippen LogP contribution in [0, 0.1) is 0 Å². The van der Waals surface area contributed by atoms with Gasteiger partial charge in [0.25, 0.3) is 0 Å². The van der Waals surface area contributed by atoms with Gasteiger partial charge in [0.1, 0.15) is 6.04 Å². The number of urea groups is 2. The van der Waals surface area contributed by atoms with Gasteiger partial charge >= 0.3 is 12.1 Å². The number of carbonyl (C=O) groups is 3. The first-order valence-electron chi connectivity index (χ1n) is 8.43. The van der Waals surface area contributed by atoms with Crippen LogP contribution in [0.5, 0.6) is 0 Å². The van der Waals surface area contributed by atoms with Crippen molar-refractivity contribution in [3.8, 4) is 0 Å². The molecule has 1 aliphatic rings. The van der Waals surface area contributed by atoms with Gasteiger partial charge in [-0.3, -0.25) is 4.79 Å². The van der Waals surface area contributed by atoms with Crippen molar-refractivity contribution < 1.29 is 14.4 Å². The standard InChI is InChI=1S/C17H25N5O3/c1-18-16(24)20-10-9-19-15(23)14-8-5-11-22(14)17(25)21-12-13-6-3-2-4-7-13/h2-4,6-7,14H,5,8-12H2,1H3,(H,19,23)(H,21,25)(H2,18,20,24)/t14-/m1/s1. The van der Waals surface area contributed by atoms with E-state index in [1.54, 1.807) is 4.90 Å². The normalized spacial score (nSPS) is 16.2. The Labute approximate surface area is 147 Å². The lowest BCUT2D eigenvalue weighted by Crippen LogP contribution is -2.50. The summed E-state index contributed by atoms with van der Waals surface area (Å²) in [4.78, 5) is 37.3. The number of likely N-dealkylation sites (tertiary alicyclic amines) is 1. The second-order valence-electron chi connectivity index (χ2n) is 5.79. The molecule has 8 heteroatoms. The van der Waals surface area contributed by atoms with E-state index in [-0.39, 0.29) is 18.0 Å². The highest BCUT2D eigenvalue weighted by atomic mass is 16.2. The van der Waals surface area contributed by atoms with E-state index in [4.69, 9.17) is 0 Å². The molecule has 0 radical (unpaired) electrons. The van der Waals surface area contributed by atoms with Crippen molar-refractivity contribution in [3.05, 3.63) is 35.9 Å². The third-order valence-electron chi connectivity index (χ3n) is 4.04. The summed E-state index contributed by atoms with van der Waals surface area (Å²) in [7, 11) is 1.53. The third-order valence-corrected chi connectivity index (χ3v) is 4.04. The quantitative estimate of drug-likeness (QED) is 0.560. The van der Waals surface area contributed by atoms with Crippen LogP contribution in [-0.2, 0) is 11.3 Å². The average molecular weight is 347 g/mol. The third kappa shape index (κ3) is 5.66. The molecule has 0 unspecified atom stereocenters. The molecule has 1 saturated heterocycles. The summed E-state index contributed by atoms with van der Waals surface area (Å²) in [5.41, 5.74) is 1.01. The lowest BCUT2D eigenvalue weighted by Gasteiger charge is -2.24. The molecule has 1 aliphatic heterocycles. The summed E-state index contributed by atoms with van der Waals surface area (Å²) in [5.74, 6) is -0.189. The predicted octanol–water partition coefficient (Wildman–Crippen LogP) is 0.406. The van der Waals surface area contributed by atoms with E-state index in [0.29, 0.717) is 32.6 Å². The minimum atomic E-state index is -0.462. The summed E-state index contributed by atoms with van der Waals surface area (Å²) in [6.45, 7) is 1.65. The zero-order chi connectivity index (χ0) is 18.1. The number of nitrogens with zero attached hydrogens (tertiary/aromatic N) is 1. The molecule has 0 aliphatic carbocycles. The van der Waals surface area contributed by atoms with Gasteiger partial charge in [0.15, 0.2) is 0 Å². The van der Waals surface area contributed by atoms with Gasteiger partial charge < -0.3 is 26.2 Å². The summed E-state index contributed by atoms with van der Waals surface area (Å²) in [5, 5.41) is 10.6. The molecule has 5 amide bonds. The van der Waals surface area contributed by atoms with Crippen LogP contribution in [0.15, 0.2) is 30.3 Å². The minimum absolute atomic E-state index is 0.189. The molecular formula is C17H25N5O3. The van der Waals surface area contributed by atoms with Crippen LogP contribution in [0.4, 0.5) is 9.59 Å². The van der Waals surface area contributed by atoms with Crippen LogP contribution < -0.4 is 21.3 Å². The topological polar surface area (TPSA) is 103 Å². The first-order chi connectivity index (χ1) is 12.1. The highest BCUT2D eigenvalue weighted by Crippen LogP contribution is 2.17. The van der Waals surface area contributed by atoms with Crippen LogP contribution >= 0.6 is 0 Å². The average Bonchev–Trinajstić information content (AvgIpc) is 3.13. The van der Waals surface area contributed by atoms with E-state index in [1.165, 1.54) is 7.05 Å². The van der Waals surface area contributed by atoms with Crippen LogP contribution in [0.2, 0.25) is 0 Å². The lowest BCUT2D eigenvalue weighted by atomic mass is 10.2. The monoisotopic (exact) mass is 347 g/mol. The van der Waals surface area contributed by atoms with Gasteiger partial charge in [-0.15, -0.1) is 0 Å². The molecule has 1 atom stereocenters. The van der Waals surface area contributed by atoms with Crippen molar-refractivity contribution >= 4 is 18.0 Å². The van der Waals surface area contributed by atoms with Gasteiger partial charge in [-0.2, -0.15) is 0 Å². The van der Waals surface area contributed by atoms with E-state index in [9.17, 15) is 14.4 Å². The van der Waals surface area contributed by atoms with Gasteiger partial charge in [0.2, 0.25) is 5.91 Å². The zero-order valence-corrected chi connectivity index (χ0v) is 14.4. The molecule has 8 nitrogen and oxygen atoms in total. The lowest BCUT2D eigenvalue weighted by molar-refractivity contribution is -0.124. The van der Waals surface area contributed by atoms with Crippen molar-refractivity contribution in [1.29, 1.82) is 0 Å². The van der Waals surface area contributed by atoms with Crippen molar-refractivity contribution in [2.45, 2.75) is 25.4 Å². The van der Waals surface area contributed by atoms with Gasteiger partial charge in [-0.05, 0) is 18.4 Å². The zero-order valence-electron chi connectivity index (χ0n) is 14.4. The summed E-state index contributed by atoms with van der Waals surface area (Å²) < 4.78 is 0. The Bertz CT molecular complexity index is 593. The first kappa shape index (κ1) is 18.6. The SMILES string of the molecule is CNC(=O)NCCNC(=O)[C@H]1CCCN1C(=O)NCc1ccccc1. The first-order valence-corrected chi connectivity index (χ1v) is 8.43. The largest absolute Gasteiger partial charge is 0.353 e. The fraction of sp³-hybridized carbons (Fsp3) is 0.471. The Morgan fingerprint density at radius 3 is 2.52 bits per heavy atom. The van der Waals surface area contributed by atoms with Crippen molar-refractivity contribution in [3.63, 3.8) is 0 Å². The molecule has 2 rings (SSSR count). The Balaban J connectivity index is 1.77. The number of nitrogens with one attached hydrogen (secondary N) is 4. The van der Waals surface area contributed by atoms with Gasteiger partial charge in [-0.1, -0.05) is 30.3 Å². The molecule has 0 bridgehead atoms. The Kier molecular flexibility index (Phi) is 7.06. The number of hydrogen-bond acceptors (Lipinski definition) is 3. The molecule has 0 aromatic heterocycles. The fourth-order valence-corrected chi connectivity index (χ4v) is 2.73. The summed E-state index contributed by atoms with van der Waals surface area (Å²) in [6.07, 6.45) is 1.45. The van der Waals surface area contributed by atoms with E-state index >= 15 is 0 Å². The fourth-order valence-electron chi connectivity index (χ4n) is 2.73.